The lowest BCUT2D eigenvalue weighted by Gasteiger charge is -1.88. The van der Waals surface area contributed by atoms with E-state index < -0.39 is 0 Å². The summed E-state index contributed by atoms with van der Waals surface area (Å²) in [5.41, 5.74) is 1.04. The van der Waals surface area contributed by atoms with E-state index in [1.807, 2.05) is 43.3 Å². The fraction of sp³-hybridized carbons (Fsp3) is 0.0833. The van der Waals surface area contributed by atoms with Gasteiger partial charge in [0.05, 0.1) is 0 Å². The first-order chi connectivity index (χ1) is 6.33. The van der Waals surface area contributed by atoms with Crippen LogP contribution in [0.2, 0.25) is 0 Å². The van der Waals surface area contributed by atoms with Crippen LogP contribution >= 0.6 is 0 Å². The number of ketones is 1. The van der Waals surface area contributed by atoms with Gasteiger partial charge < -0.3 is 0 Å². The second-order valence-corrected chi connectivity index (χ2v) is 2.65. The topological polar surface area (TPSA) is 17.1 Å². The summed E-state index contributed by atoms with van der Waals surface area (Å²) in [6, 6.07) is 9.75. The average Bonchev–Trinajstić information content (AvgIpc) is 2.17. The molecular weight excluding hydrogens is 160 g/mol. The summed E-state index contributed by atoms with van der Waals surface area (Å²) in [5.74, 6) is 0.0198. The van der Waals surface area contributed by atoms with Crippen LogP contribution in [0.25, 0.3) is 6.08 Å². The van der Waals surface area contributed by atoms with Gasteiger partial charge in [-0.3, -0.25) is 4.79 Å². The third kappa shape index (κ3) is 3.52. The fourth-order valence-corrected chi connectivity index (χ4v) is 0.962. The molecule has 0 fully saturated rings. The average molecular weight is 172 g/mol. The zero-order chi connectivity index (χ0) is 9.52. The molecule has 1 nitrogen and oxygen atoms in total. The number of allylic oxidation sites excluding steroid dienone is 3. The van der Waals surface area contributed by atoms with Gasteiger partial charge in [-0.1, -0.05) is 42.5 Å². The molecular formula is C12H12O. The quantitative estimate of drug-likeness (QED) is 0.641. The van der Waals surface area contributed by atoms with Crippen LogP contribution in [0.5, 0.6) is 0 Å². The first kappa shape index (κ1) is 9.46. The van der Waals surface area contributed by atoms with Crippen molar-refractivity contribution < 1.29 is 4.79 Å². The molecule has 0 amide bonds. The van der Waals surface area contributed by atoms with Crippen LogP contribution in [0, 0.1) is 0 Å². The molecule has 66 valence electrons. The van der Waals surface area contributed by atoms with Crippen molar-refractivity contribution in [1.82, 2.24) is 0 Å². The second-order valence-electron chi connectivity index (χ2n) is 2.65. The zero-order valence-electron chi connectivity index (χ0n) is 7.60. The van der Waals surface area contributed by atoms with Gasteiger partial charge in [-0.05, 0) is 24.6 Å². The highest BCUT2D eigenvalue weighted by molar-refractivity contribution is 6.01. The molecule has 0 aliphatic heterocycles. The van der Waals surface area contributed by atoms with Crippen LogP contribution in [0.4, 0.5) is 0 Å². The Labute approximate surface area is 78.4 Å². The molecule has 0 bridgehead atoms. The van der Waals surface area contributed by atoms with Crippen molar-refractivity contribution in [2.75, 3.05) is 0 Å². The molecule has 0 heterocycles. The Morgan fingerprint density at radius 1 is 1.15 bits per heavy atom. The molecule has 13 heavy (non-hydrogen) atoms. The largest absolute Gasteiger partial charge is 0.290 e. The molecule has 1 aromatic carbocycles. The van der Waals surface area contributed by atoms with Gasteiger partial charge >= 0.3 is 0 Å². The maximum absolute atomic E-state index is 11.0. The lowest BCUT2D eigenvalue weighted by atomic mass is 10.2. The predicted octanol–water partition coefficient (Wildman–Crippen LogP) is 2.85. The summed E-state index contributed by atoms with van der Waals surface area (Å²) in [5, 5.41) is 0. The number of carbonyl (C=O) groups excluding carboxylic acids is 1. The van der Waals surface area contributed by atoms with Crippen LogP contribution in [0.15, 0.2) is 48.6 Å². The third-order valence-electron chi connectivity index (χ3n) is 1.57. The van der Waals surface area contributed by atoms with Crippen molar-refractivity contribution in [2.24, 2.45) is 0 Å². The molecule has 0 radical (unpaired) electrons. The van der Waals surface area contributed by atoms with Gasteiger partial charge in [-0.25, -0.2) is 0 Å². The molecule has 0 N–H and O–H groups in total. The van der Waals surface area contributed by atoms with Crippen molar-refractivity contribution in [3.8, 4) is 0 Å². The van der Waals surface area contributed by atoms with Gasteiger partial charge in [0.2, 0.25) is 0 Å². The maximum atomic E-state index is 11.0. The first-order valence-corrected chi connectivity index (χ1v) is 4.22. The lowest BCUT2D eigenvalue weighted by molar-refractivity contribution is -0.110. The molecule has 0 saturated heterocycles. The van der Waals surface area contributed by atoms with Crippen LogP contribution in [0.1, 0.15) is 12.5 Å². The summed E-state index contributed by atoms with van der Waals surface area (Å²) in [4.78, 5) is 11.0. The molecule has 1 heteroatoms. The highest BCUT2D eigenvalue weighted by atomic mass is 16.1. The van der Waals surface area contributed by atoms with E-state index in [0.717, 1.165) is 5.56 Å². The Morgan fingerprint density at radius 3 is 2.46 bits per heavy atom. The molecule has 0 aromatic heterocycles. The number of hydrogen-bond donors (Lipinski definition) is 0. The number of carbonyl (C=O) groups is 1. The monoisotopic (exact) mass is 172 g/mol. The third-order valence-corrected chi connectivity index (χ3v) is 1.57. The molecule has 0 unspecified atom stereocenters. The van der Waals surface area contributed by atoms with Crippen molar-refractivity contribution >= 4 is 11.9 Å². The van der Waals surface area contributed by atoms with Gasteiger partial charge in [0, 0.05) is 0 Å². The van der Waals surface area contributed by atoms with E-state index in [2.05, 4.69) is 0 Å². The number of benzene rings is 1. The summed E-state index contributed by atoms with van der Waals surface area (Å²) in [6.07, 6.45) is 6.65. The number of rotatable bonds is 3. The van der Waals surface area contributed by atoms with E-state index in [0.29, 0.717) is 0 Å². The lowest BCUT2D eigenvalue weighted by Crippen LogP contribution is -1.83. The molecule has 0 atom stereocenters. The second kappa shape index (κ2) is 5.09. The number of hydrogen-bond acceptors (Lipinski definition) is 1. The highest BCUT2D eigenvalue weighted by Crippen LogP contribution is 2.00. The van der Waals surface area contributed by atoms with E-state index in [1.54, 1.807) is 18.2 Å². The maximum Gasteiger partial charge on any atom is 0.178 e. The van der Waals surface area contributed by atoms with Crippen molar-refractivity contribution in [2.45, 2.75) is 6.92 Å². The van der Waals surface area contributed by atoms with Crippen LogP contribution in [-0.2, 0) is 4.79 Å². The minimum atomic E-state index is 0.0198. The zero-order valence-corrected chi connectivity index (χ0v) is 7.60. The van der Waals surface area contributed by atoms with E-state index in [4.69, 9.17) is 0 Å². The summed E-state index contributed by atoms with van der Waals surface area (Å²) >= 11 is 0. The minimum Gasteiger partial charge on any atom is -0.290 e. The summed E-state index contributed by atoms with van der Waals surface area (Å²) < 4.78 is 0. The fourth-order valence-electron chi connectivity index (χ4n) is 0.962. The van der Waals surface area contributed by atoms with Gasteiger partial charge in [-0.2, -0.15) is 0 Å². The Hall–Kier alpha value is -1.63. The van der Waals surface area contributed by atoms with Crippen molar-refractivity contribution in [3.05, 3.63) is 54.1 Å². The van der Waals surface area contributed by atoms with Crippen LogP contribution in [0.3, 0.4) is 0 Å². The summed E-state index contributed by atoms with van der Waals surface area (Å²) in [7, 11) is 0. The molecule has 0 aliphatic rings. The minimum absolute atomic E-state index is 0.0198. The Balaban J connectivity index is 2.64. The summed E-state index contributed by atoms with van der Waals surface area (Å²) in [6.45, 7) is 1.83. The molecule has 1 aromatic rings. The predicted molar refractivity (Wildman–Crippen MR) is 55.3 cm³/mol. The Kier molecular flexibility index (Phi) is 3.71. The SMILES string of the molecule is C/C=C\C(=O)/C=C/c1ccccc1. The van der Waals surface area contributed by atoms with Gasteiger partial charge in [0.1, 0.15) is 0 Å². The van der Waals surface area contributed by atoms with Crippen molar-refractivity contribution in [3.63, 3.8) is 0 Å². The van der Waals surface area contributed by atoms with E-state index in [9.17, 15) is 4.79 Å². The molecule has 0 aliphatic carbocycles. The van der Waals surface area contributed by atoms with Gasteiger partial charge in [0.25, 0.3) is 0 Å². The van der Waals surface area contributed by atoms with E-state index in [1.165, 1.54) is 0 Å². The van der Waals surface area contributed by atoms with Crippen LogP contribution in [-0.4, -0.2) is 5.78 Å². The van der Waals surface area contributed by atoms with E-state index in [-0.39, 0.29) is 5.78 Å². The highest BCUT2D eigenvalue weighted by Gasteiger charge is 1.87. The standard InChI is InChI=1S/C12H12O/c1-2-6-12(13)10-9-11-7-4-3-5-8-11/h2-10H,1H3/b6-2-,10-9+. The Morgan fingerprint density at radius 2 is 1.85 bits per heavy atom. The van der Waals surface area contributed by atoms with Gasteiger partial charge in [-0.15, -0.1) is 0 Å². The van der Waals surface area contributed by atoms with Crippen molar-refractivity contribution in [1.29, 1.82) is 0 Å². The van der Waals surface area contributed by atoms with Crippen LogP contribution < -0.4 is 0 Å². The Bertz CT molecular complexity index is 320. The molecule has 1 rings (SSSR count). The molecule has 0 saturated carbocycles. The van der Waals surface area contributed by atoms with Gasteiger partial charge in [0.15, 0.2) is 5.78 Å². The molecule has 0 spiro atoms. The van der Waals surface area contributed by atoms with E-state index >= 15 is 0 Å². The smallest absolute Gasteiger partial charge is 0.178 e. The normalized spacial score (nSPS) is 11.2. The first-order valence-electron chi connectivity index (χ1n) is 4.22.